The van der Waals surface area contributed by atoms with E-state index in [-0.39, 0.29) is 11.0 Å². The van der Waals surface area contributed by atoms with Gasteiger partial charge in [0.25, 0.3) is 0 Å². The van der Waals surface area contributed by atoms with E-state index in [1.165, 1.54) is 0 Å². The number of aromatic nitrogens is 2. The lowest BCUT2D eigenvalue weighted by Gasteiger charge is -2.20. The van der Waals surface area contributed by atoms with E-state index in [1.807, 2.05) is 31.4 Å². The molecule has 0 saturated carbocycles. The molecule has 5 heteroatoms. The van der Waals surface area contributed by atoms with Gasteiger partial charge >= 0.3 is 5.97 Å². The molecule has 2 rings (SSSR count). The first-order valence-corrected chi connectivity index (χ1v) is 7.13. The topological polar surface area (TPSA) is 75.3 Å². The van der Waals surface area contributed by atoms with Crippen LogP contribution < -0.4 is 0 Å². The van der Waals surface area contributed by atoms with Crippen LogP contribution in [-0.2, 0) is 12.0 Å². The van der Waals surface area contributed by atoms with Crippen molar-refractivity contribution in [3.8, 4) is 0 Å². The van der Waals surface area contributed by atoms with Crippen LogP contribution in [0.5, 0.6) is 0 Å². The number of aliphatic hydroxyl groups is 1. The first kappa shape index (κ1) is 15.5. The standard InChI is InChI=1S/C16H22N2O3/c1-10(19)8-9-18-12-7-5-6-11(14(20)21)13(12)17-15(18)16(2,3)4/h5-7,10,19H,8-9H2,1-4H3,(H,20,21). The van der Waals surface area contributed by atoms with E-state index in [4.69, 9.17) is 0 Å². The molecule has 1 aromatic carbocycles. The Balaban J connectivity index is 2.67. The van der Waals surface area contributed by atoms with Crippen molar-refractivity contribution in [2.24, 2.45) is 0 Å². The summed E-state index contributed by atoms with van der Waals surface area (Å²) in [5, 5.41) is 18.8. The van der Waals surface area contributed by atoms with Crippen molar-refractivity contribution in [3.63, 3.8) is 0 Å². The van der Waals surface area contributed by atoms with Gasteiger partial charge in [-0.2, -0.15) is 0 Å². The lowest BCUT2D eigenvalue weighted by Crippen LogP contribution is -2.20. The number of para-hydroxylation sites is 1. The molecule has 0 bridgehead atoms. The highest BCUT2D eigenvalue weighted by atomic mass is 16.4. The van der Waals surface area contributed by atoms with E-state index in [0.717, 1.165) is 11.3 Å². The number of nitrogens with zero attached hydrogens (tertiary/aromatic N) is 2. The van der Waals surface area contributed by atoms with E-state index in [2.05, 4.69) is 4.98 Å². The molecule has 0 aliphatic heterocycles. The molecule has 2 aromatic rings. The number of carboxylic acids is 1. The molecule has 5 nitrogen and oxygen atoms in total. The van der Waals surface area contributed by atoms with Gasteiger partial charge in [0.2, 0.25) is 0 Å². The summed E-state index contributed by atoms with van der Waals surface area (Å²) in [6, 6.07) is 5.19. The van der Waals surface area contributed by atoms with Crippen LogP contribution in [-0.4, -0.2) is 31.8 Å². The van der Waals surface area contributed by atoms with E-state index in [9.17, 15) is 15.0 Å². The van der Waals surface area contributed by atoms with Gasteiger partial charge in [0.1, 0.15) is 11.3 Å². The molecule has 0 amide bonds. The van der Waals surface area contributed by atoms with Gasteiger partial charge in [-0.25, -0.2) is 9.78 Å². The van der Waals surface area contributed by atoms with Crippen molar-refractivity contribution in [2.45, 2.75) is 52.2 Å². The van der Waals surface area contributed by atoms with Gasteiger partial charge in [0.05, 0.1) is 17.2 Å². The number of aliphatic hydroxyl groups excluding tert-OH is 1. The molecule has 0 aliphatic carbocycles. The van der Waals surface area contributed by atoms with Crippen molar-refractivity contribution in [1.82, 2.24) is 9.55 Å². The third kappa shape index (κ3) is 3.08. The highest BCUT2D eigenvalue weighted by Gasteiger charge is 2.25. The average Bonchev–Trinajstić information content (AvgIpc) is 2.74. The zero-order chi connectivity index (χ0) is 15.8. The van der Waals surface area contributed by atoms with Crippen LogP contribution in [0.3, 0.4) is 0 Å². The summed E-state index contributed by atoms with van der Waals surface area (Å²) in [7, 11) is 0. The molecule has 114 valence electrons. The normalized spacial score (nSPS) is 13.6. The number of hydrogen-bond acceptors (Lipinski definition) is 3. The Morgan fingerprint density at radius 2 is 2.05 bits per heavy atom. The number of carbonyl (C=O) groups is 1. The second-order valence-electron chi connectivity index (χ2n) is 6.45. The summed E-state index contributed by atoms with van der Waals surface area (Å²) in [4.78, 5) is 15.9. The summed E-state index contributed by atoms with van der Waals surface area (Å²) in [6.45, 7) is 8.51. The second kappa shape index (κ2) is 5.48. The number of aromatic carboxylic acids is 1. The predicted molar refractivity (Wildman–Crippen MR) is 81.7 cm³/mol. The van der Waals surface area contributed by atoms with Crippen molar-refractivity contribution < 1.29 is 15.0 Å². The second-order valence-corrected chi connectivity index (χ2v) is 6.45. The zero-order valence-corrected chi connectivity index (χ0v) is 12.9. The van der Waals surface area contributed by atoms with Crippen molar-refractivity contribution in [2.75, 3.05) is 0 Å². The van der Waals surface area contributed by atoms with E-state index in [0.29, 0.717) is 18.5 Å². The Labute approximate surface area is 124 Å². The van der Waals surface area contributed by atoms with Crippen LogP contribution in [0.25, 0.3) is 11.0 Å². The van der Waals surface area contributed by atoms with E-state index >= 15 is 0 Å². The maximum absolute atomic E-state index is 11.4. The number of aryl methyl sites for hydroxylation is 1. The van der Waals surface area contributed by atoms with Crippen LogP contribution in [0.15, 0.2) is 18.2 Å². The third-order valence-electron chi connectivity index (χ3n) is 3.45. The number of imidazole rings is 1. The largest absolute Gasteiger partial charge is 0.478 e. The molecule has 2 N–H and O–H groups in total. The van der Waals surface area contributed by atoms with Gasteiger partial charge in [-0.15, -0.1) is 0 Å². The van der Waals surface area contributed by atoms with E-state index < -0.39 is 12.1 Å². The van der Waals surface area contributed by atoms with Crippen LogP contribution >= 0.6 is 0 Å². The van der Waals surface area contributed by atoms with Crippen molar-refractivity contribution >= 4 is 17.0 Å². The molecule has 0 fully saturated rings. The lowest BCUT2D eigenvalue weighted by atomic mass is 9.95. The van der Waals surface area contributed by atoms with E-state index in [1.54, 1.807) is 19.1 Å². The molecular weight excluding hydrogens is 268 g/mol. The first-order valence-electron chi connectivity index (χ1n) is 7.13. The SMILES string of the molecule is CC(O)CCn1c(C(C)(C)C)nc2c(C(=O)O)cccc21. The third-order valence-corrected chi connectivity index (χ3v) is 3.45. The monoisotopic (exact) mass is 290 g/mol. The highest BCUT2D eigenvalue weighted by molar-refractivity contribution is 6.01. The minimum Gasteiger partial charge on any atom is -0.478 e. The molecule has 0 saturated heterocycles. The molecule has 0 spiro atoms. The Bertz CT molecular complexity index is 666. The van der Waals surface area contributed by atoms with Crippen molar-refractivity contribution in [3.05, 3.63) is 29.6 Å². The van der Waals surface area contributed by atoms with Gasteiger partial charge in [0, 0.05) is 12.0 Å². The number of rotatable bonds is 4. The molecule has 0 radical (unpaired) electrons. The fraction of sp³-hybridized carbons (Fsp3) is 0.500. The maximum atomic E-state index is 11.4. The van der Waals surface area contributed by atoms with Gasteiger partial charge in [0.15, 0.2) is 0 Å². The predicted octanol–water partition coefficient (Wildman–Crippen LogP) is 2.80. The van der Waals surface area contributed by atoms with Gasteiger partial charge in [-0.1, -0.05) is 26.8 Å². The number of hydrogen-bond donors (Lipinski definition) is 2. The maximum Gasteiger partial charge on any atom is 0.337 e. The van der Waals surface area contributed by atoms with Crippen LogP contribution in [0.4, 0.5) is 0 Å². The fourth-order valence-corrected chi connectivity index (χ4v) is 2.43. The first-order chi connectivity index (χ1) is 9.71. The molecule has 1 aromatic heterocycles. The van der Waals surface area contributed by atoms with Gasteiger partial charge in [-0.05, 0) is 25.5 Å². The van der Waals surface area contributed by atoms with Gasteiger partial charge in [-0.3, -0.25) is 0 Å². The molecule has 21 heavy (non-hydrogen) atoms. The zero-order valence-electron chi connectivity index (χ0n) is 12.9. The summed E-state index contributed by atoms with van der Waals surface area (Å²) < 4.78 is 2.02. The summed E-state index contributed by atoms with van der Waals surface area (Å²) in [6.07, 6.45) is 0.198. The van der Waals surface area contributed by atoms with Crippen LogP contribution in [0, 0.1) is 0 Å². The number of fused-ring (bicyclic) bond motifs is 1. The van der Waals surface area contributed by atoms with Crippen molar-refractivity contribution in [1.29, 1.82) is 0 Å². The smallest absolute Gasteiger partial charge is 0.337 e. The quantitative estimate of drug-likeness (QED) is 0.908. The van der Waals surface area contributed by atoms with Gasteiger partial charge < -0.3 is 14.8 Å². The molecule has 0 aliphatic rings. The summed E-state index contributed by atoms with van der Waals surface area (Å²) >= 11 is 0. The number of carboxylic acid groups (broad SMARTS) is 1. The molecule has 1 heterocycles. The fourth-order valence-electron chi connectivity index (χ4n) is 2.43. The highest BCUT2D eigenvalue weighted by Crippen LogP contribution is 2.28. The summed E-state index contributed by atoms with van der Waals surface area (Å²) in [5.74, 6) is -0.131. The van der Waals surface area contributed by atoms with Crippen LogP contribution in [0.1, 0.15) is 50.3 Å². The van der Waals surface area contributed by atoms with Crippen LogP contribution in [0.2, 0.25) is 0 Å². The number of benzene rings is 1. The Hall–Kier alpha value is -1.88. The molecular formula is C16H22N2O3. The average molecular weight is 290 g/mol. The lowest BCUT2D eigenvalue weighted by molar-refractivity contribution is 0.0699. The minimum absolute atomic E-state index is 0.201. The summed E-state index contributed by atoms with van der Waals surface area (Å²) in [5.41, 5.74) is 1.34. The Kier molecular flexibility index (Phi) is 4.05. The Morgan fingerprint density at radius 3 is 2.57 bits per heavy atom. The Morgan fingerprint density at radius 1 is 1.38 bits per heavy atom. The molecule has 1 atom stereocenters. The minimum atomic E-state index is -0.971. The molecule has 1 unspecified atom stereocenters.